The molecule has 0 aromatic heterocycles. The number of benzene rings is 2. The predicted octanol–water partition coefficient (Wildman–Crippen LogP) is 2.13. The summed E-state index contributed by atoms with van der Waals surface area (Å²) in [7, 11) is 1.67. The zero-order chi connectivity index (χ0) is 14.7. The largest absolute Gasteiger partial charge is 0.497 e. The van der Waals surface area contributed by atoms with Gasteiger partial charge >= 0.3 is 0 Å². The molecule has 1 saturated heterocycles. The summed E-state index contributed by atoms with van der Waals surface area (Å²) in [5.41, 5.74) is 1.10. The molecule has 0 saturated carbocycles. The van der Waals surface area contributed by atoms with Crippen molar-refractivity contribution in [3.05, 3.63) is 42.0 Å². The van der Waals surface area contributed by atoms with Gasteiger partial charge in [0, 0.05) is 18.2 Å². The summed E-state index contributed by atoms with van der Waals surface area (Å²) in [6.45, 7) is 0.559. The molecule has 1 amide bonds. The topological polar surface area (TPSA) is 50.4 Å². The summed E-state index contributed by atoms with van der Waals surface area (Å²) in [4.78, 5) is 12.0. The van der Waals surface area contributed by atoms with Gasteiger partial charge in [-0.25, -0.2) is 0 Å². The first-order chi connectivity index (χ1) is 10.3. The number of nitrogens with one attached hydrogen (secondary N) is 2. The summed E-state index contributed by atoms with van der Waals surface area (Å²) in [6.07, 6.45) is 0. The molecule has 1 unspecified atom stereocenters. The van der Waals surface area contributed by atoms with Crippen molar-refractivity contribution in [2.75, 3.05) is 18.7 Å². The average Bonchev–Trinajstić information content (AvgIpc) is 3.06. The Kier molecular flexibility index (Phi) is 4.31. The number of carbonyl (C=O) groups is 1. The van der Waals surface area contributed by atoms with Crippen molar-refractivity contribution in [2.45, 2.75) is 12.6 Å². The van der Waals surface area contributed by atoms with E-state index >= 15 is 0 Å². The number of carbonyl (C=O) groups excluding carboxylic acids is 1. The third-order valence-corrected chi connectivity index (χ3v) is 4.55. The minimum Gasteiger partial charge on any atom is -0.497 e. The first kappa shape index (κ1) is 14.2. The molecule has 0 radical (unpaired) electrons. The molecule has 1 aliphatic heterocycles. The van der Waals surface area contributed by atoms with Crippen molar-refractivity contribution < 1.29 is 9.53 Å². The lowest BCUT2D eigenvalue weighted by atomic mass is 10.1. The van der Waals surface area contributed by atoms with Gasteiger partial charge in [-0.1, -0.05) is 18.2 Å². The van der Waals surface area contributed by atoms with Crippen molar-refractivity contribution in [1.29, 1.82) is 0 Å². The van der Waals surface area contributed by atoms with Gasteiger partial charge < -0.3 is 10.1 Å². The van der Waals surface area contributed by atoms with E-state index < -0.39 is 0 Å². The molecule has 4 nitrogen and oxygen atoms in total. The highest BCUT2D eigenvalue weighted by Crippen LogP contribution is 2.21. The molecule has 1 fully saturated rings. The number of methoxy groups -OCH3 is 1. The second kappa shape index (κ2) is 6.37. The van der Waals surface area contributed by atoms with E-state index in [0.29, 0.717) is 6.54 Å². The van der Waals surface area contributed by atoms with Gasteiger partial charge in [-0.05, 0) is 34.5 Å². The van der Waals surface area contributed by atoms with Crippen LogP contribution in [0.5, 0.6) is 5.75 Å². The van der Waals surface area contributed by atoms with Gasteiger partial charge in [0.25, 0.3) is 0 Å². The average molecular weight is 302 g/mol. The smallest absolute Gasteiger partial charge is 0.238 e. The zero-order valence-corrected chi connectivity index (χ0v) is 12.7. The Labute approximate surface area is 128 Å². The number of fused-ring (bicyclic) bond motifs is 1. The zero-order valence-electron chi connectivity index (χ0n) is 11.9. The lowest BCUT2D eigenvalue weighted by molar-refractivity contribution is -0.122. The van der Waals surface area contributed by atoms with Crippen LogP contribution in [0.25, 0.3) is 10.8 Å². The van der Waals surface area contributed by atoms with E-state index in [1.165, 1.54) is 0 Å². The summed E-state index contributed by atoms with van der Waals surface area (Å²) >= 11 is 1.75. The van der Waals surface area contributed by atoms with Crippen LogP contribution >= 0.6 is 11.8 Å². The van der Waals surface area contributed by atoms with Crippen molar-refractivity contribution in [3.63, 3.8) is 0 Å². The van der Waals surface area contributed by atoms with Crippen molar-refractivity contribution >= 4 is 28.4 Å². The lowest BCUT2D eigenvalue weighted by Gasteiger charge is -2.11. The molecule has 1 heterocycles. The van der Waals surface area contributed by atoms with E-state index in [9.17, 15) is 4.79 Å². The van der Waals surface area contributed by atoms with Gasteiger partial charge in [-0.15, -0.1) is 11.8 Å². The maximum atomic E-state index is 12.0. The molecule has 0 aliphatic carbocycles. The maximum Gasteiger partial charge on any atom is 0.238 e. The number of amides is 1. The van der Waals surface area contributed by atoms with E-state index in [-0.39, 0.29) is 11.9 Å². The first-order valence-electron chi connectivity index (χ1n) is 6.92. The van der Waals surface area contributed by atoms with E-state index in [1.807, 2.05) is 24.3 Å². The maximum absolute atomic E-state index is 12.0. The molecule has 21 heavy (non-hydrogen) atoms. The highest BCUT2D eigenvalue weighted by molar-refractivity contribution is 7.99. The molecule has 0 bridgehead atoms. The van der Waals surface area contributed by atoms with E-state index in [4.69, 9.17) is 4.74 Å². The summed E-state index contributed by atoms with van der Waals surface area (Å²) in [6, 6.07) is 12.1. The van der Waals surface area contributed by atoms with Crippen molar-refractivity contribution in [3.8, 4) is 5.75 Å². The Morgan fingerprint density at radius 3 is 2.90 bits per heavy atom. The van der Waals surface area contributed by atoms with Gasteiger partial charge in [0.15, 0.2) is 0 Å². The molecular formula is C16H18N2O2S. The molecule has 3 rings (SSSR count). The number of hydrogen-bond acceptors (Lipinski definition) is 4. The third kappa shape index (κ3) is 3.31. The minimum atomic E-state index is -0.0558. The molecule has 2 N–H and O–H groups in total. The first-order valence-corrected chi connectivity index (χ1v) is 8.07. The summed E-state index contributed by atoms with van der Waals surface area (Å²) in [5.74, 6) is 2.64. The van der Waals surface area contributed by atoms with Crippen molar-refractivity contribution in [1.82, 2.24) is 10.6 Å². The highest BCUT2D eigenvalue weighted by atomic mass is 32.2. The van der Waals surface area contributed by atoms with Crippen LogP contribution in [-0.2, 0) is 11.3 Å². The molecule has 5 heteroatoms. The van der Waals surface area contributed by atoms with Crippen LogP contribution in [0.1, 0.15) is 5.56 Å². The monoisotopic (exact) mass is 302 g/mol. The second-order valence-corrected chi connectivity index (χ2v) is 6.07. The van der Waals surface area contributed by atoms with E-state index in [0.717, 1.165) is 33.7 Å². The molecule has 1 aliphatic rings. The van der Waals surface area contributed by atoms with Crippen LogP contribution in [0.15, 0.2) is 36.4 Å². The number of ether oxygens (including phenoxy) is 1. The fourth-order valence-corrected chi connectivity index (χ4v) is 3.33. The predicted molar refractivity (Wildman–Crippen MR) is 86.6 cm³/mol. The van der Waals surface area contributed by atoms with Crippen LogP contribution in [0.2, 0.25) is 0 Å². The fourth-order valence-electron chi connectivity index (χ4n) is 2.39. The Hall–Kier alpha value is -1.72. The van der Waals surface area contributed by atoms with Gasteiger partial charge in [-0.3, -0.25) is 10.1 Å². The molecular weight excluding hydrogens is 284 g/mol. The van der Waals surface area contributed by atoms with Crippen LogP contribution in [0.4, 0.5) is 0 Å². The van der Waals surface area contributed by atoms with Crippen LogP contribution in [0.3, 0.4) is 0 Å². The van der Waals surface area contributed by atoms with Crippen LogP contribution in [-0.4, -0.2) is 30.7 Å². The van der Waals surface area contributed by atoms with Gasteiger partial charge in [0.1, 0.15) is 5.75 Å². The highest BCUT2D eigenvalue weighted by Gasteiger charge is 2.21. The lowest BCUT2D eigenvalue weighted by Crippen LogP contribution is -2.41. The fraction of sp³-hybridized carbons (Fsp3) is 0.312. The third-order valence-electron chi connectivity index (χ3n) is 3.61. The Morgan fingerprint density at radius 1 is 1.33 bits per heavy atom. The van der Waals surface area contributed by atoms with E-state index in [1.54, 1.807) is 18.9 Å². The Morgan fingerprint density at radius 2 is 2.14 bits per heavy atom. The standard InChI is InChI=1S/C16H18N2O2S/c1-20-14-5-4-12-6-11(2-3-13(12)7-14)8-17-16(19)15-9-21-10-18-15/h2-7,15,18H,8-10H2,1H3,(H,17,19). The molecule has 110 valence electrons. The van der Waals surface area contributed by atoms with Gasteiger partial charge in [0.2, 0.25) is 5.91 Å². The normalized spacial score (nSPS) is 17.9. The molecule has 0 spiro atoms. The van der Waals surface area contributed by atoms with Crippen LogP contribution in [0, 0.1) is 0 Å². The number of rotatable bonds is 4. The second-order valence-electron chi connectivity index (χ2n) is 5.04. The van der Waals surface area contributed by atoms with Crippen LogP contribution < -0.4 is 15.4 Å². The Balaban J connectivity index is 1.68. The van der Waals surface area contributed by atoms with Gasteiger partial charge in [-0.2, -0.15) is 0 Å². The SMILES string of the molecule is COc1ccc2cc(CNC(=O)C3CSCN3)ccc2c1. The molecule has 2 aromatic carbocycles. The summed E-state index contributed by atoms with van der Waals surface area (Å²) in [5, 5.41) is 8.45. The molecule has 2 aromatic rings. The quantitative estimate of drug-likeness (QED) is 0.908. The summed E-state index contributed by atoms with van der Waals surface area (Å²) < 4.78 is 5.22. The number of hydrogen-bond donors (Lipinski definition) is 2. The minimum absolute atomic E-state index is 0.0558. The Bertz CT molecular complexity index is 654. The van der Waals surface area contributed by atoms with Crippen molar-refractivity contribution in [2.24, 2.45) is 0 Å². The van der Waals surface area contributed by atoms with Gasteiger partial charge in [0.05, 0.1) is 13.2 Å². The van der Waals surface area contributed by atoms with E-state index in [2.05, 4.69) is 22.8 Å². The number of thioether (sulfide) groups is 1. The molecule has 1 atom stereocenters.